The largest absolute Gasteiger partial charge is 0.384 e. The lowest BCUT2D eigenvalue weighted by Crippen LogP contribution is -2.45. The third-order valence-corrected chi connectivity index (χ3v) is 4.14. The van der Waals surface area contributed by atoms with Crippen LogP contribution in [0.1, 0.15) is 6.23 Å². The summed E-state index contributed by atoms with van der Waals surface area (Å²) in [7, 11) is 1.22. The molecule has 0 aliphatic carbocycles. The number of aliphatic hydroxyl groups is 1. The SMILES string of the molecule is CO[C@]1(CI)O[C@@H](n2cc(F)c(=O)[nH]c2=O)[C@@H](F)[C@@H]1O. The quantitative estimate of drug-likeness (QED) is 0.533. The number of hydrogen-bond donors (Lipinski definition) is 2. The molecule has 20 heavy (non-hydrogen) atoms. The molecule has 7 nitrogen and oxygen atoms in total. The van der Waals surface area contributed by atoms with Crippen molar-refractivity contribution in [3.05, 3.63) is 32.9 Å². The maximum absolute atomic E-state index is 14.1. The van der Waals surface area contributed by atoms with Gasteiger partial charge in [-0.3, -0.25) is 14.3 Å². The smallest absolute Gasteiger partial charge is 0.330 e. The molecule has 0 radical (unpaired) electrons. The highest BCUT2D eigenvalue weighted by Crippen LogP contribution is 2.40. The maximum atomic E-state index is 14.1. The highest BCUT2D eigenvalue weighted by molar-refractivity contribution is 14.1. The van der Waals surface area contributed by atoms with Crippen LogP contribution in [0.3, 0.4) is 0 Å². The predicted molar refractivity (Wildman–Crippen MR) is 70.9 cm³/mol. The van der Waals surface area contributed by atoms with E-state index in [1.165, 1.54) is 7.11 Å². The highest BCUT2D eigenvalue weighted by atomic mass is 127. The molecule has 1 aliphatic rings. The number of nitrogens with one attached hydrogen (secondary N) is 1. The van der Waals surface area contributed by atoms with Gasteiger partial charge in [-0.15, -0.1) is 0 Å². The Morgan fingerprint density at radius 2 is 2.30 bits per heavy atom. The van der Waals surface area contributed by atoms with Crippen molar-refractivity contribution < 1.29 is 23.4 Å². The van der Waals surface area contributed by atoms with Crippen LogP contribution in [0, 0.1) is 5.82 Å². The van der Waals surface area contributed by atoms with Gasteiger partial charge in [-0.05, 0) is 0 Å². The Kier molecular flexibility index (Phi) is 4.27. The van der Waals surface area contributed by atoms with E-state index < -0.39 is 41.4 Å². The molecule has 1 fully saturated rings. The van der Waals surface area contributed by atoms with Gasteiger partial charge in [0.1, 0.15) is 6.10 Å². The number of alkyl halides is 2. The first-order chi connectivity index (χ1) is 9.36. The summed E-state index contributed by atoms with van der Waals surface area (Å²) >= 11 is 1.82. The Balaban J connectivity index is 2.47. The normalized spacial score (nSPS) is 33.5. The van der Waals surface area contributed by atoms with Crippen molar-refractivity contribution in [3.8, 4) is 0 Å². The summed E-state index contributed by atoms with van der Waals surface area (Å²) in [6.07, 6.45) is -4.74. The molecule has 0 amide bonds. The molecular formula is C10H11F2IN2O5. The third kappa shape index (κ3) is 2.29. The van der Waals surface area contributed by atoms with Crippen molar-refractivity contribution in [3.63, 3.8) is 0 Å². The standard InChI is InChI=1S/C10H11F2IN2O5/c1-19-10(3-13)6(16)5(12)8(20-10)15-2-4(11)7(17)14-9(15)18/h2,5-6,8,16H,3H2,1H3,(H,14,17,18)/t5-,6-,8+,10+/m0/s1. The topological polar surface area (TPSA) is 93.5 Å². The summed E-state index contributed by atoms with van der Waals surface area (Å²) < 4.78 is 38.2. The number of rotatable bonds is 3. The minimum absolute atomic E-state index is 0.0833. The Bertz CT molecular complexity index is 614. The van der Waals surface area contributed by atoms with E-state index in [0.717, 1.165) is 0 Å². The number of ether oxygens (including phenoxy) is 2. The summed E-state index contributed by atoms with van der Waals surface area (Å²) in [5.74, 6) is -2.91. The summed E-state index contributed by atoms with van der Waals surface area (Å²) in [6, 6.07) is 0. The Hall–Kier alpha value is -0.850. The van der Waals surface area contributed by atoms with E-state index in [0.29, 0.717) is 10.8 Å². The third-order valence-electron chi connectivity index (χ3n) is 3.08. The number of H-pyrrole nitrogens is 1. The van der Waals surface area contributed by atoms with Crippen molar-refractivity contribution in [2.24, 2.45) is 0 Å². The lowest BCUT2D eigenvalue weighted by Gasteiger charge is -2.27. The van der Waals surface area contributed by atoms with E-state index in [2.05, 4.69) is 0 Å². The monoisotopic (exact) mass is 404 g/mol. The first-order valence-corrected chi connectivity index (χ1v) is 7.01. The number of halogens is 3. The van der Waals surface area contributed by atoms with Crippen LogP contribution in [0.4, 0.5) is 8.78 Å². The van der Waals surface area contributed by atoms with Gasteiger partial charge in [0, 0.05) is 7.11 Å². The molecule has 4 atom stereocenters. The second-order valence-electron chi connectivity index (χ2n) is 4.19. The van der Waals surface area contributed by atoms with Crippen LogP contribution >= 0.6 is 22.6 Å². The summed E-state index contributed by atoms with van der Waals surface area (Å²) in [5.41, 5.74) is -2.26. The fraction of sp³-hybridized carbons (Fsp3) is 0.600. The minimum atomic E-state index is -2.02. The first-order valence-electron chi connectivity index (χ1n) is 5.48. The van der Waals surface area contributed by atoms with E-state index in [1.54, 1.807) is 4.98 Å². The molecule has 1 aliphatic heterocycles. The first kappa shape index (κ1) is 15.5. The van der Waals surface area contributed by atoms with Crippen LogP contribution in [0.2, 0.25) is 0 Å². The number of nitrogens with zero attached hydrogens (tertiary/aromatic N) is 1. The van der Waals surface area contributed by atoms with Crippen LogP contribution in [-0.2, 0) is 9.47 Å². The van der Waals surface area contributed by atoms with Gasteiger partial charge in [-0.2, -0.15) is 4.39 Å². The van der Waals surface area contributed by atoms with Crippen LogP contribution in [0.5, 0.6) is 0 Å². The molecule has 1 aromatic heterocycles. The van der Waals surface area contributed by atoms with E-state index >= 15 is 0 Å². The zero-order valence-corrected chi connectivity index (χ0v) is 12.3. The van der Waals surface area contributed by atoms with Crippen molar-refractivity contribution in [2.45, 2.75) is 24.3 Å². The van der Waals surface area contributed by atoms with Crippen molar-refractivity contribution in [1.82, 2.24) is 9.55 Å². The fourth-order valence-corrected chi connectivity index (χ4v) is 2.87. The molecule has 0 aromatic carbocycles. The van der Waals surface area contributed by atoms with Crippen LogP contribution in [0.15, 0.2) is 15.8 Å². The summed E-state index contributed by atoms with van der Waals surface area (Å²) in [4.78, 5) is 24.2. The number of hydrogen-bond acceptors (Lipinski definition) is 5. The molecule has 0 bridgehead atoms. The van der Waals surface area contributed by atoms with E-state index in [-0.39, 0.29) is 4.43 Å². The van der Waals surface area contributed by atoms with Gasteiger partial charge in [0.25, 0.3) is 5.56 Å². The molecule has 1 aromatic rings. The van der Waals surface area contributed by atoms with Crippen LogP contribution < -0.4 is 11.2 Å². The molecule has 0 saturated carbocycles. The number of aromatic nitrogens is 2. The Morgan fingerprint density at radius 3 is 2.80 bits per heavy atom. The van der Waals surface area contributed by atoms with Crippen molar-refractivity contribution >= 4 is 22.6 Å². The van der Waals surface area contributed by atoms with Crippen molar-refractivity contribution in [1.29, 1.82) is 0 Å². The van der Waals surface area contributed by atoms with Gasteiger partial charge in [-0.25, -0.2) is 9.18 Å². The van der Waals surface area contributed by atoms with Gasteiger partial charge < -0.3 is 14.6 Å². The number of aromatic amines is 1. The minimum Gasteiger partial charge on any atom is -0.384 e. The second-order valence-corrected chi connectivity index (χ2v) is 4.95. The zero-order chi connectivity index (χ0) is 15.1. The fourth-order valence-electron chi connectivity index (χ4n) is 1.93. The average molecular weight is 404 g/mol. The number of aliphatic hydroxyl groups excluding tert-OH is 1. The van der Waals surface area contributed by atoms with E-state index in [4.69, 9.17) is 9.47 Å². The molecule has 0 unspecified atom stereocenters. The lowest BCUT2D eigenvalue weighted by atomic mass is 10.1. The maximum Gasteiger partial charge on any atom is 0.330 e. The molecular weight excluding hydrogens is 393 g/mol. The zero-order valence-electron chi connectivity index (χ0n) is 10.2. The van der Waals surface area contributed by atoms with E-state index in [9.17, 15) is 23.5 Å². The van der Waals surface area contributed by atoms with Gasteiger partial charge in [0.2, 0.25) is 11.6 Å². The lowest BCUT2D eigenvalue weighted by molar-refractivity contribution is -0.237. The summed E-state index contributed by atoms with van der Waals surface area (Å²) in [5, 5.41) is 9.84. The van der Waals surface area contributed by atoms with Gasteiger partial charge in [0.15, 0.2) is 12.4 Å². The molecule has 2 N–H and O–H groups in total. The average Bonchev–Trinajstić information content (AvgIpc) is 2.68. The second kappa shape index (κ2) is 5.50. The molecule has 0 spiro atoms. The molecule has 2 heterocycles. The van der Waals surface area contributed by atoms with Crippen molar-refractivity contribution in [2.75, 3.05) is 11.5 Å². The highest BCUT2D eigenvalue weighted by Gasteiger charge is 2.56. The van der Waals surface area contributed by atoms with Gasteiger partial charge >= 0.3 is 5.69 Å². The Morgan fingerprint density at radius 1 is 1.65 bits per heavy atom. The summed E-state index contributed by atoms with van der Waals surface area (Å²) in [6.45, 7) is 0. The molecule has 2 rings (SSSR count). The van der Waals surface area contributed by atoms with E-state index in [1.807, 2.05) is 22.6 Å². The van der Waals surface area contributed by atoms with Gasteiger partial charge in [0.05, 0.1) is 10.6 Å². The van der Waals surface area contributed by atoms with Crippen LogP contribution in [0.25, 0.3) is 0 Å². The predicted octanol–water partition coefficient (Wildman–Crippen LogP) is -0.319. The Labute approximate surface area is 124 Å². The molecule has 112 valence electrons. The molecule has 10 heteroatoms. The van der Waals surface area contributed by atoms with Gasteiger partial charge in [-0.1, -0.05) is 22.6 Å². The van der Waals surface area contributed by atoms with Crippen LogP contribution in [-0.4, -0.2) is 44.3 Å². The molecule has 1 saturated heterocycles. The number of methoxy groups -OCH3 is 1.